The zero-order valence-corrected chi connectivity index (χ0v) is 22.0. The summed E-state index contributed by atoms with van der Waals surface area (Å²) in [4.78, 5) is 9.43. The van der Waals surface area contributed by atoms with Crippen molar-refractivity contribution in [2.75, 3.05) is 0 Å². The van der Waals surface area contributed by atoms with Crippen molar-refractivity contribution in [3.8, 4) is 23.2 Å². The summed E-state index contributed by atoms with van der Waals surface area (Å²) in [6.07, 6.45) is 1.88. The Hall–Kier alpha value is -4.90. The Morgan fingerprint density at radius 2 is 1.49 bits per heavy atom. The zero-order chi connectivity index (χ0) is 26.7. The molecule has 0 atom stereocenters. The van der Waals surface area contributed by atoms with Gasteiger partial charge in [0.2, 0.25) is 5.88 Å². The number of benzene rings is 4. The molecule has 0 unspecified atom stereocenters. The molecule has 0 spiro atoms. The van der Waals surface area contributed by atoms with Crippen molar-refractivity contribution < 1.29 is 9.84 Å². The lowest BCUT2D eigenvalue weighted by Gasteiger charge is -2.20. The number of ether oxygens (including phenoxy) is 1. The Labute approximate surface area is 225 Å². The van der Waals surface area contributed by atoms with Crippen molar-refractivity contribution in [3.05, 3.63) is 109 Å². The van der Waals surface area contributed by atoms with E-state index >= 15 is 0 Å². The molecule has 0 aliphatic carbocycles. The molecule has 0 amide bonds. The summed E-state index contributed by atoms with van der Waals surface area (Å²) in [6, 6.07) is 32.3. The van der Waals surface area contributed by atoms with Crippen LogP contribution in [-0.2, 0) is 5.41 Å². The molecule has 4 aromatic carbocycles. The Balaban J connectivity index is 1.37. The molecule has 0 bridgehead atoms. The highest BCUT2D eigenvalue weighted by Crippen LogP contribution is 2.37. The summed E-state index contributed by atoms with van der Waals surface area (Å²) >= 11 is 0. The second-order valence-corrected chi connectivity index (χ2v) is 11.0. The molecule has 1 N–H and O–H groups in total. The van der Waals surface area contributed by atoms with Gasteiger partial charge in [0.15, 0.2) is 0 Å². The zero-order valence-electron chi connectivity index (χ0n) is 22.0. The summed E-state index contributed by atoms with van der Waals surface area (Å²) in [5.41, 5.74) is 3.83. The summed E-state index contributed by atoms with van der Waals surface area (Å²) in [7, 11) is 0. The number of hydrogen-bond donors (Lipinski definition) is 1. The summed E-state index contributed by atoms with van der Waals surface area (Å²) in [6.45, 7) is 6.63. The van der Waals surface area contributed by atoms with Gasteiger partial charge in [-0.25, -0.2) is 9.97 Å². The van der Waals surface area contributed by atoms with E-state index in [0.717, 1.165) is 43.8 Å². The van der Waals surface area contributed by atoms with Gasteiger partial charge in [-0.2, -0.15) is 0 Å². The van der Waals surface area contributed by atoms with E-state index in [2.05, 4.69) is 72.8 Å². The van der Waals surface area contributed by atoms with Gasteiger partial charge in [-0.15, -0.1) is 0 Å². The fourth-order valence-corrected chi connectivity index (χ4v) is 5.34. The lowest BCUT2D eigenvalue weighted by molar-refractivity contribution is 0.461. The third-order valence-electron chi connectivity index (χ3n) is 7.36. The van der Waals surface area contributed by atoms with Crippen LogP contribution in [0.3, 0.4) is 0 Å². The molecule has 7 rings (SSSR count). The van der Waals surface area contributed by atoms with Gasteiger partial charge in [0.05, 0.1) is 11.0 Å². The summed E-state index contributed by atoms with van der Waals surface area (Å²) in [5, 5.41) is 15.8. The maximum Gasteiger partial charge on any atom is 0.219 e. The lowest BCUT2D eigenvalue weighted by Crippen LogP contribution is -2.12. The maximum atomic E-state index is 10.9. The first-order valence-corrected chi connectivity index (χ1v) is 13.1. The molecule has 5 nitrogen and oxygen atoms in total. The van der Waals surface area contributed by atoms with E-state index in [9.17, 15) is 5.11 Å². The second-order valence-electron chi connectivity index (χ2n) is 11.0. The number of phenolic OH excluding ortho intramolecular Hbond substituents is 1. The van der Waals surface area contributed by atoms with Gasteiger partial charge < -0.3 is 9.84 Å². The van der Waals surface area contributed by atoms with Gasteiger partial charge in [0.25, 0.3) is 0 Å². The summed E-state index contributed by atoms with van der Waals surface area (Å²) < 4.78 is 8.46. The second kappa shape index (κ2) is 8.57. The number of pyridine rings is 2. The summed E-state index contributed by atoms with van der Waals surface area (Å²) in [5.74, 6) is 2.11. The smallest absolute Gasteiger partial charge is 0.219 e. The molecule has 0 aliphatic heterocycles. The van der Waals surface area contributed by atoms with E-state index in [1.54, 1.807) is 0 Å². The molecule has 0 radical (unpaired) electrons. The van der Waals surface area contributed by atoms with E-state index < -0.39 is 0 Å². The van der Waals surface area contributed by atoms with E-state index in [-0.39, 0.29) is 11.2 Å². The number of hydrogen-bond acceptors (Lipinski definition) is 4. The van der Waals surface area contributed by atoms with Crippen LogP contribution in [0.15, 0.2) is 103 Å². The lowest BCUT2D eigenvalue weighted by atomic mass is 9.88. The van der Waals surface area contributed by atoms with Crippen molar-refractivity contribution in [2.45, 2.75) is 26.2 Å². The van der Waals surface area contributed by atoms with Crippen LogP contribution in [0, 0.1) is 0 Å². The first kappa shape index (κ1) is 23.2. The fourth-order valence-electron chi connectivity index (χ4n) is 5.34. The largest absolute Gasteiger partial charge is 0.505 e. The van der Waals surface area contributed by atoms with Crippen LogP contribution < -0.4 is 4.74 Å². The van der Waals surface area contributed by atoms with Crippen molar-refractivity contribution in [1.29, 1.82) is 0 Å². The average molecular weight is 510 g/mol. The SMILES string of the molecule is CC(C)(C)c1ccnc(-n2c3ccccc3c3ccc(Oc4ccc5cc6ccccc6c(O)c5n4)cc32)c1. The normalized spacial score (nSPS) is 12.1. The molecular weight excluding hydrogens is 482 g/mol. The van der Waals surface area contributed by atoms with Crippen LogP contribution in [0.25, 0.3) is 49.3 Å². The molecule has 0 aliphatic rings. The number of rotatable bonds is 3. The highest BCUT2D eigenvalue weighted by atomic mass is 16.5. The molecule has 39 heavy (non-hydrogen) atoms. The van der Waals surface area contributed by atoms with Gasteiger partial charge in [-0.05, 0) is 58.8 Å². The molecule has 3 aromatic heterocycles. The third-order valence-corrected chi connectivity index (χ3v) is 7.36. The van der Waals surface area contributed by atoms with E-state index in [1.807, 2.05) is 60.8 Å². The highest BCUT2D eigenvalue weighted by molar-refractivity contribution is 6.09. The van der Waals surface area contributed by atoms with Crippen LogP contribution >= 0.6 is 0 Å². The van der Waals surface area contributed by atoms with Crippen molar-refractivity contribution in [3.63, 3.8) is 0 Å². The monoisotopic (exact) mass is 509 g/mol. The van der Waals surface area contributed by atoms with E-state index in [1.165, 1.54) is 5.56 Å². The third kappa shape index (κ3) is 3.86. The predicted octanol–water partition coefficient (Wildman–Crippen LogP) is 8.68. The number of phenols is 1. The van der Waals surface area contributed by atoms with E-state index in [0.29, 0.717) is 17.1 Å². The molecule has 7 aromatic rings. The van der Waals surface area contributed by atoms with Crippen molar-refractivity contribution >= 4 is 43.5 Å². The number of aromatic nitrogens is 3. The topological polar surface area (TPSA) is 60.2 Å². The Bertz CT molecular complexity index is 2050. The van der Waals surface area contributed by atoms with Gasteiger partial charge in [0, 0.05) is 39.9 Å². The fraction of sp³-hybridized carbons (Fsp3) is 0.118. The van der Waals surface area contributed by atoms with Crippen LogP contribution in [-0.4, -0.2) is 19.6 Å². The standard InChI is InChI=1S/C34H27N3O2/c1-34(2,3)23-16-17-35-30(19-23)37-28-11-7-6-10-26(28)27-14-13-24(20-29(27)37)39-31-15-12-22-18-21-8-4-5-9-25(21)33(38)32(22)36-31/h4-20,38H,1-3H3. The van der Waals surface area contributed by atoms with Gasteiger partial charge in [-0.1, -0.05) is 63.2 Å². The van der Waals surface area contributed by atoms with Crippen LogP contribution in [0.4, 0.5) is 0 Å². The highest BCUT2D eigenvalue weighted by Gasteiger charge is 2.18. The van der Waals surface area contributed by atoms with Crippen molar-refractivity contribution in [1.82, 2.24) is 14.5 Å². The Kier molecular flexibility index (Phi) is 5.10. The first-order valence-electron chi connectivity index (χ1n) is 13.1. The van der Waals surface area contributed by atoms with Crippen LogP contribution in [0.1, 0.15) is 26.3 Å². The average Bonchev–Trinajstić information content (AvgIpc) is 3.27. The molecule has 3 heterocycles. The molecule has 5 heteroatoms. The maximum absolute atomic E-state index is 10.9. The minimum atomic E-state index is 0.00333. The van der Waals surface area contributed by atoms with Gasteiger partial charge in [0.1, 0.15) is 22.8 Å². The number of nitrogens with zero attached hydrogens (tertiary/aromatic N) is 3. The van der Waals surface area contributed by atoms with Crippen molar-refractivity contribution in [2.24, 2.45) is 0 Å². The number of para-hydroxylation sites is 1. The van der Waals surface area contributed by atoms with Crippen LogP contribution in [0.2, 0.25) is 0 Å². The van der Waals surface area contributed by atoms with E-state index in [4.69, 9.17) is 9.72 Å². The first-order chi connectivity index (χ1) is 18.9. The number of fused-ring (bicyclic) bond motifs is 5. The van der Waals surface area contributed by atoms with Gasteiger partial charge >= 0.3 is 0 Å². The molecular formula is C34H27N3O2. The Morgan fingerprint density at radius 3 is 2.33 bits per heavy atom. The quantitative estimate of drug-likeness (QED) is 0.242. The minimum absolute atomic E-state index is 0.00333. The van der Waals surface area contributed by atoms with Crippen LogP contribution in [0.5, 0.6) is 17.4 Å². The molecule has 0 saturated heterocycles. The molecule has 0 saturated carbocycles. The number of aromatic hydroxyl groups is 1. The van der Waals surface area contributed by atoms with Gasteiger partial charge in [-0.3, -0.25) is 4.57 Å². The molecule has 0 fully saturated rings. The Morgan fingerprint density at radius 1 is 0.718 bits per heavy atom. The predicted molar refractivity (Wildman–Crippen MR) is 158 cm³/mol. The molecule has 190 valence electrons. The minimum Gasteiger partial charge on any atom is -0.505 e.